The van der Waals surface area contributed by atoms with Crippen molar-refractivity contribution in [2.24, 2.45) is 10.9 Å². The fraction of sp³-hybridized carbons (Fsp3) is 0.324. The van der Waals surface area contributed by atoms with E-state index in [1.807, 2.05) is 4.90 Å². The first-order chi connectivity index (χ1) is 22.6. The van der Waals surface area contributed by atoms with Crippen LogP contribution in [0, 0.1) is 18.7 Å². The van der Waals surface area contributed by atoms with Gasteiger partial charge in [0.05, 0.1) is 12.2 Å². The predicted molar refractivity (Wildman–Crippen MR) is 173 cm³/mol. The molecule has 244 valence electrons. The molecule has 3 aliphatic rings. The number of aromatic nitrogens is 1. The number of halogens is 2. The standard InChI is InChI=1S/C34H33F2N5O5S/c1-3-46-32(44)28-26(38-30(31-37-13-15-47-31)39-29(28)24-8-5-9-25(35)20(24)2)19-40-14-12-34(36)22(17-40)18-41(33(34)45)23-7-4-6-21(16-23)10-11-27(42)43/h4-11,13,15-16,22,29H,3,12,14,17-19H2,1-2H3,(H,38,39)(H,42,43)/b11-10+/t22-,29-,34+/m0/s1. The number of carbonyl (C=O) groups is 3. The monoisotopic (exact) mass is 661 g/mol. The van der Waals surface area contributed by atoms with Crippen LogP contribution >= 0.6 is 11.3 Å². The van der Waals surface area contributed by atoms with Gasteiger partial charge in [0.2, 0.25) is 0 Å². The molecule has 3 aromatic rings. The Kier molecular flexibility index (Phi) is 9.02. The predicted octanol–water partition coefficient (Wildman–Crippen LogP) is 4.67. The average molecular weight is 662 g/mol. The number of likely N-dealkylation sites (tertiary alicyclic amines) is 1. The molecule has 0 aliphatic carbocycles. The summed E-state index contributed by atoms with van der Waals surface area (Å²) in [5.74, 6) is -2.98. The van der Waals surface area contributed by atoms with Gasteiger partial charge in [-0.15, -0.1) is 11.3 Å². The Morgan fingerprint density at radius 1 is 1.23 bits per heavy atom. The molecule has 3 atom stereocenters. The lowest BCUT2D eigenvalue weighted by molar-refractivity contribution is -0.139. The summed E-state index contributed by atoms with van der Waals surface area (Å²) >= 11 is 1.36. The molecule has 1 aromatic heterocycles. The largest absolute Gasteiger partial charge is 0.478 e. The van der Waals surface area contributed by atoms with Crippen molar-refractivity contribution in [1.82, 2.24) is 15.2 Å². The number of nitrogens with one attached hydrogen (secondary N) is 1. The Hall–Kier alpha value is -4.75. The number of anilines is 1. The van der Waals surface area contributed by atoms with Crippen molar-refractivity contribution in [3.8, 4) is 0 Å². The molecule has 13 heteroatoms. The number of amides is 1. The number of nitrogens with zero attached hydrogens (tertiary/aromatic N) is 4. The topological polar surface area (TPSA) is 124 Å². The van der Waals surface area contributed by atoms with E-state index < -0.39 is 41.3 Å². The molecule has 2 saturated heterocycles. The van der Waals surface area contributed by atoms with Crippen molar-refractivity contribution in [1.29, 1.82) is 0 Å². The molecule has 10 nitrogen and oxygen atoms in total. The number of aliphatic carboxylic acids is 1. The van der Waals surface area contributed by atoms with Gasteiger partial charge in [-0.25, -0.2) is 23.4 Å². The third-order valence-electron chi connectivity index (χ3n) is 8.76. The van der Waals surface area contributed by atoms with Crippen LogP contribution in [0.3, 0.4) is 0 Å². The molecule has 0 radical (unpaired) electrons. The van der Waals surface area contributed by atoms with Crippen LogP contribution in [0.1, 0.15) is 41.1 Å². The second-order valence-corrected chi connectivity index (χ2v) is 12.5. The van der Waals surface area contributed by atoms with Crippen molar-refractivity contribution < 1.29 is 33.0 Å². The van der Waals surface area contributed by atoms with Crippen LogP contribution in [0.25, 0.3) is 6.08 Å². The van der Waals surface area contributed by atoms with Crippen LogP contribution in [0.5, 0.6) is 0 Å². The highest BCUT2D eigenvalue weighted by Gasteiger charge is 2.57. The van der Waals surface area contributed by atoms with E-state index in [0.29, 0.717) is 38.9 Å². The average Bonchev–Trinajstić information content (AvgIpc) is 3.68. The Bertz CT molecular complexity index is 1810. The third kappa shape index (κ3) is 6.32. The number of piperidine rings is 1. The number of alkyl halides is 1. The van der Waals surface area contributed by atoms with Crippen molar-refractivity contribution in [3.63, 3.8) is 0 Å². The SMILES string of the molecule is CCOC(=O)C1=C(CN2CC[C@]3(F)C(=O)N(c4cccc(/C=C/C(=O)O)c4)C[C@@H]3C2)NC(c2nccs2)=N[C@H]1c1cccc(F)c1C. The normalized spacial score (nSPS) is 23.1. The number of hydrogen-bond donors (Lipinski definition) is 2. The van der Waals surface area contributed by atoms with E-state index in [1.54, 1.807) is 61.8 Å². The summed E-state index contributed by atoms with van der Waals surface area (Å²) in [6, 6.07) is 10.5. The number of rotatable bonds is 9. The maximum atomic E-state index is 16.4. The van der Waals surface area contributed by atoms with Crippen molar-refractivity contribution in [2.45, 2.75) is 32.0 Å². The van der Waals surface area contributed by atoms with Gasteiger partial charge in [-0.05, 0) is 54.8 Å². The van der Waals surface area contributed by atoms with Gasteiger partial charge in [-0.2, -0.15) is 0 Å². The number of carboxylic acids is 1. The lowest BCUT2D eigenvalue weighted by Gasteiger charge is -2.38. The smallest absolute Gasteiger partial charge is 0.338 e. The number of hydrogen-bond acceptors (Lipinski definition) is 9. The van der Waals surface area contributed by atoms with Crippen molar-refractivity contribution >= 4 is 46.8 Å². The van der Waals surface area contributed by atoms with Gasteiger partial charge < -0.3 is 20.1 Å². The van der Waals surface area contributed by atoms with Gasteiger partial charge in [-0.3, -0.25) is 14.7 Å². The van der Waals surface area contributed by atoms with E-state index >= 15 is 4.39 Å². The Morgan fingerprint density at radius 2 is 2.04 bits per heavy atom. The van der Waals surface area contributed by atoms with Crippen molar-refractivity contribution in [2.75, 3.05) is 37.7 Å². The van der Waals surface area contributed by atoms with Crippen LogP contribution in [0.4, 0.5) is 14.5 Å². The number of esters is 1. The Morgan fingerprint density at radius 3 is 2.79 bits per heavy atom. The molecule has 0 bridgehead atoms. The zero-order chi connectivity index (χ0) is 33.3. The molecule has 4 heterocycles. The van der Waals surface area contributed by atoms with E-state index in [0.717, 1.165) is 6.08 Å². The number of amidine groups is 1. The summed E-state index contributed by atoms with van der Waals surface area (Å²) in [4.78, 5) is 50.6. The van der Waals surface area contributed by atoms with E-state index in [1.165, 1.54) is 28.4 Å². The highest BCUT2D eigenvalue weighted by atomic mass is 32.1. The minimum absolute atomic E-state index is 0.0481. The van der Waals surface area contributed by atoms with Gasteiger partial charge in [-0.1, -0.05) is 24.3 Å². The van der Waals surface area contributed by atoms with E-state index in [9.17, 15) is 18.8 Å². The van der Waals surface area contributed by atoms with Gasteiger partial charge in [0.25, 0.3) is 5.91 Å². The number of carboxylic acid groups (broad SMARTS) is 1. The lowest BCUT2D eigenvalue weighted by atomic mass is 9.84. The first-order valence-corrected chi connectivity index (χ1v) is 16.1. The number of fused-ring (bicyclic) bond motifs is 1. The Balaban J connectivity index is 1.31. The Labute approximate surface area is 274 Å². The quantitative estimate of drug-likeness (QED) is 0.251. The maximum Gasteiger partial charge on any atom is 0.338 e. The van der Waals surface area contributed by atoms with Gasteiger partial charge in [0, 0.05) is 67.6 Å². The molecule has 1 amide bonds. The third-order valence-corrected chi connectivity index (χ3v) is 9.54. The molecular formula is C34H33F2N5O5S. The van der Waals surface area contributed by atoms with E-state index in [4.69, 9.17) is 14.8 Å². The summed E-state index contributed by atoms with van der Waals surface area (Å²) in [6.45, 7) is 4.25. The minimum atomic E-state index is -2.07. The van der Waals surface area contributed by atoms with E-state index in [-0.39, 0.29) is 44.8 Å². The summed E-state index contributed by atoms with van der Waals surface area (Å²) in [6.07, 6.45) is 4.01. The van der Waals surface area contributed by atoms with Crippen molar-refractivity contribution in [3.05, 3.63) is 98.9 Å². The number of thiazole rings is 1. The number of carbonyl (C=O) groups excluding carboxylic acids is 2. The zero-order valence-corrected chi connectivity index (χ0v) is 26.6. The molecular weight excluding hydrogens is 628 g/mol. The number of benzene rings is 2. The van der Waals surface area contributed by atoms with Crippen LogP contribution < -0.4 is 10.2 Å². The second kappa shape index (κ2) is 13.2. The van der Waals surface area contributed by atoms with Crippen LogP contribution in [0.15, 0.2) is 76.4 Å². The maximum absolute atomic E-state index is 16.4. The second-order valence-electron chi connectivity index (χ2n) is 11.6. The molecule has 2 aromatic carbocycles. The molecule has 0 saturated carbocycles. The van der Waals surface area contributed by atoms with Crippen LogP contribution in [-0.2, 0) is 19.1 Å². The van der Waals surface area contributed by atoms with Gasteiger partial charge >= 0.3 is 11.9 Å². The fourth-order valence-electron chi connectivity index (χ4n) is 6.40. The zero-order valence-electron chi connectivity index (χ0n) is 25.8. The summed E-state index contributed by atoms with van der Waals surface area (Å²) in [5.41, 5.74) is 0.575. The fourth-order valence-corrected chi connectivity index (χ4v) is 6.99. The first-order valence-electron chi connectivity index (χ1n) is 15.2. The highest BCUT2D eigenvalue weighted by Crippen LogP contribution is 2.42. The van der Waals surface area contributed by atoms with Gasteiger partial charge in [0.1, 0.15) is 11.9 Å². The molecule has 2 N–H and O–H groups in total. The highest BCUT2D eigenvalue weighted by molar-refractivity contribution is 7.11. The summed E-state index contributed by atoms with van der Waals surface area (Å²) in [7, 11) is 0. The molecule has 2 fully saturated rings. The summed E-state index contributed by atoms with van der Waals surface area (Å²) in [5, 5.41) is 14.7. The minimum Gasteiger partial charge on any atom is -0.478 e. The van der Waals surface area contributed by atoms with Crippen LogP contribution in [-0.4, -0.2) is 77.1 Å². The van der Waals surface area contributed by atoms with E-state index in [2.05, 4.69) is 10.3 Å². The number of ether oxygens (including phenoxy) is 1. The number of aliphatic imine (C=N–C) groups is 1. The van der Waals surface area contributed by atoms with Gasteiger partial charge in [0.15, 0.2) is 16.5 Å². The summed E-state index contributed by atoms with van der Waals surface area (Å²) < 4.78 is 36.7. The molecule has 0 spiro atoms. The first kappa shape index (κ1) is 32.2. The molecule has 47 heavy (non-hydrogen) atoms. The molecule has 6 rings (SSSR count). The molecule has 3 aliphatic heterocycles. The lowest BCUT2D eigenvalue weighted by Crippen LogP contribution is -2.52. The van der Waals surface area contributed by atoms with Crippen LogP contribution in [0.2, 0.25) is 0 Å². The molecule has 0 unspecified atom stereocenters.